The van der Waals surface area contributed by atoms with E-state index in [9.17, 15) is 24.9 Å². The Morgan fingerprint density at radius 3 is 2.55 bits per heavy atom. The third-order valence-electron chi connectivity index (χ3n) is 7.34. The highest BCUT2D eigenvalue weighted by Crippen LogP contribution is 2.27. The number of aromatic nitrogens is 1. The number of aryl methyl sites for hydroxylation is 1. The van der Waals surface area contributed by atoms with Crippen molar-refractivity contribution in [1.29, 1.82) is 0 Å². The number of rotatable bonds is 11. The van der Waals surface area contributed by atoms with Crippen molar-refractivity contribution < 1.29 is 34.2 Å². The van der Waals surface area contributed by atoms with E-state index in [0.29, 0.717) is 25.3 Å². The first-order chi connectivity index (χ1) is 18.5. The molecule has 1 aromatic carbocycles. The monoisotopic (exact) mass is 524 g/mol. The number of hydrogen-bond acceptors (Lipinski definition) is 6. The number of amides is 2. The Labute approximate surface area is 223 Å². The summed E-state index contributed by atoms with van der Waals surface area (Å²) in [5, 5.41) is 32.3. The minimum absolute atomic E-state index is 0.00726. The van der Waals surface area contributed by atoms with Crippen LogP contribution >= 0.6 is 0 Å². The summed E-state index contributed by atoms with van der Waals surface area (Å²) in [7, 11) is 0. The predicted molar refractivity (Wildman–Crippen MR) is 140 cm³/mol. The molecule has 0 aliphatic carbocycles. The van der Waals surface area contributed by atoms with E-state index >= 15 is 0 Å². The number of aliphatic hydroxyl groups is 3. The molecule has 3 heterocycles. The van der Waals surface area contributed by atoms with Gasteiger partial charge >= 0.3 is 6.23 Å². The maximum Gasteiger partial charge on any atom is 0.335 e. The van der Waals surface area contributed by atoms with E-state index < -0.39 is 18.9 Å². The molecular formula is C29H38N3O6+. The van der Waals surface area contributed by atoms with Gasteiger partial charge in [0.15, 0.2) is 23.9 Å². The number of ether oxygens (including phenoxy) is 1. The van der Waals surface area contributed by atoms with Crippen molar-refractivity contribution in [1.82, 2.24) is 10.2 Å². The zero-order valence-electron chi connectivity index (χ0n) is 21.7. The fourth-order valence-corrected chi connectivity index (χ4v) is 5.08. The van der Waals surface area contributed by atoms with Crippen LogP contribution in [0.15, 0.2) is 66.4 Å². The van der Waals surface area contributed by atoms with Gasteiger partial charge in [-0.25, -0.2) is 0 Å². The highest BCUT2D eigenvalue weighted by Gasteiger charge is 2.42. The molecule has 4 rings (SSSR count). The summed E-state index contributed by atoms with van der Waals surface area (Å²) in [6.45, 7) is 1.77. The topological polar surface area (TPSA) is 123 Å². The van der Waals surface area contributed by atoms with Gasteiger partial charge in [0.05, 0.1) is 0 Å². The van der Waals surface area contributed by atoms with Crippen LogP contribution in [0.25, 0.3) is 0 Å². The van der Waals surface area contributed by atoms with E-state index in [1.807, 2.05) is 41.3 Å². The van der Waals surface area contributed by atoms with E-state index in [4.69, 9.17) is 4.74 Å². The average Bonchev–Trinajstić information content (AvgIpc) is 3.25. The summed E-state index contributed by atoms with van der Waals surface area (Å²) in [5.74, 6) is 0.339. The van der Waals surface area contributed by atoms with Crippen LogP contribution in [0.5, 0.6) is 0 Å². The van der Waals surface area contributed by atoms with Crippen LogP contribution in [-0.4, -0.2) is 64.4 Å². The number of unbranched alkanes of at least 4 members (excludes halogenated alkanes) is 1. The Bertz CT molecular complexity index is 1110. The van der Waals surface area contributed by atoms with E-state index in [-0.39, 0.29) is 23.3 Å². The van der Waals surface area contributed by atoms with Gasteiger partial charge in [-0.3, -0.25) is 9.59 Å². The van der Waals surface area contributed by atoms with E-state index in [2.05, 4.69) is 5.32 Å². The zero-order valence-corrected chi connectivity index (χ0v) is 21.7. The van der Waals surface area contributed by atoms with Crippen LogP contribution in [0.3, 0.4) is 0 Å². The Morgan fingerprint density at radius 2 is 1.84 bits per heavy atom. The number of likely N-dealkylation sites (tertiary alicyclic amines) is 1. The highest BCUT2D eigenvalue weighted by atomic mass is 16.5. The van der Waals surface area contributed by atoms with Crippen molar-refractivity contribution >= 4 is 11.8 Å². The molecule has 0 spiro atoms. The lowest BCUT2D eigenvalue weighted by Gasteiger charge is -2.32. The lowest BCUT2D eigenvalue weighted by Crippen LogP contribution is -2.45. The molecule has 0 saturated carbocycles. The summed E-state index contributed by atoms with van der Waals surface area (Å²) < 4.78 is 7.08. The third kappa shape index (κ3) is 7.11. The second-order valence-electron chi connectivity index (χ2n) is 10.0. The van der Waals surface area contributed by atoms with Gasteiger partial charge in [0.25, 0.3) is 5.91 Å². The van der Waals surface area contributed by atoms with Gasteiger partial charge in [-0.05, 0) is 49.8 Å². The number of nitrogens with zero attached hydrogens (tertiary/aromatic N) is 2. The van der Waals surface area contributed by atoms with Gasteiger partial charge < -0.3 is 30.3 Å². The normalized spacial score (nSPS) is 19.9. The van der Waals surface area contributed by atoms with Gasteiger partial charge in [-0.2, -0.15) is 4.57 Å². The third-order valence-corrected chi connectivity index (χ3v) is 7.34. The van der Waals surface area contributed by atoms with E-state index in [0.717, 1.165) is 56.3 Å². The molecule has 1 saturated heterocycles. The summed E-state index contributed by atoms with van der Waals surface area (Å²) in [4.78, 5) is 26.9. The standard InChI is InChI=1S/C29H37N3O6/c33-20-24-26(35)27(36)29(38-24)32-16-6-8-22(19-32)11-12-25(34)30-15-5-4-7-21-13-17-31(18-14-21)28(37)23-9-2-1-3-10-23/h1-3,6,8-10,16,19,21,27,29,33,36H,4-5,7,11-15,17-18,20H2,(H-,30,34,35)/p+1/t27-,29-/m1/s1. The van der Waals surface area contributed by atoms with Crippen molar-refractivity contribution in [3.8, 4) is 0 Å². The lowest BCUT2D eigenvalue weighted by molar-refractivity contribution is -0.763. The number of carbonyl (C=O) groups is 2. The Morgan fingerprint density at radius 1 is 1.08 bits per heavy atom. The van der Waals surface area contributed by atoms with Gasteiger partial charge in [0.2, 0.25) is 12.0 Å². The fourth-order valence-electron chi connectivity index (χ4n) is 5.08. The molecule has 1 fully saturated rings. The SMILES string of the molecule is O=C(CCc1ccc[n+]([C@@H]2OC(CO)=C(O)[C@H]2O)c1)NCCCCC1CCN(C(=O)c2ccccc2)CC1. The van der Waals surface area contributed by atoms with Crippen molar-refractivity contribution in [2.45, 2.75) is 57.3 Å². The number of nitrogens with one attached hydrogen (secondary N) is 1. The molecule has 2 atom stereocenters. The molecule has 2 amide bonds. The Hall–Kier alpha value is -3.43. The van der Waals surface area contributed by atoms with Crippen LogP contribution in [0.4, 0.5) is 0 Å². The van der Waals surface area contributed by atoms with Crippen molar-refractivity contribution in [3.63, 3.8) is 0 Å². The number of pyridine rings is 1. The number of aliphatic hydroxyl groups excluding tert-OH is 3. The van der Waals surface area contributed by atoms with Crippen LogP contribution in [0, 0.1) is 5.92 Å². The first-order valence-corrected chi connectivity index (χ1v) is 13.4. The van der Waals surface area contributed by atoms with Crippen LogP contribution in [0.2, 0.25) is 0 Å². The molecule has 0 unspecified atom stereocenters. The second kappa shape index (κ2) is 13.4. The van der Waals surface area contributed by atoms with E-state index in [1.54, 1.807) is 23.0 Å². The Kier molecular flexibility index (Phi) is 9.73. The van der Waals surface area contributed by atoms with Crippen LogP contribution < -0.4 is 9.88 Å². The summed E-state index contributed by atoms with van der Waals surface area (Å²) in [6, 6.07) is 13.1. The van der Waals surface area contributed by atoms with Crippen molar-refractivity contribution in [2.75, 3.05) is 26.2 Å². The zero-order chi connectivity index (χ0) is 26.9. The maximum absolute atomic E-state index is 12.6. The minimum Gasteiger partial charge on any atom is -0.506 e. The van der Waals surface area contributed by atoms with Crippen molar-refractivity contribution in [3.05, 3.63) is 77.5 Å². The molecule has 2 aliphatic rings. The first-order valence-electron chi connectivity index (χ1n) is 13.4. The predicted octanol–water partition coefficient (Wildman–Crippen LogP) is 2.40. The van der Waals surface area contributed by atoms with Gasteiger partial charge in [0, 0.05) is 43.2 Å². The van der Waals surface area contributed by atoms with Crippen LogP contribution in [-0.2, 0) is 16.0 Å². The molecule has 9 heteroatoms. The van der Waals surface area contributed by atoms with Crippen molar-refractivity contribution in [2.24, 2.45) is 5.92 Å². The van der Waals surface area contributed by atoms with Gasteiger partial charge in [0.1, 0.15) is 6.61 Å². The molecular weight excluding hydrogens is 486 g/mol. The summed E-state index contributed by atoms with van der Waals surface area (Å²) in [5.41, 5.74) is 1.65. The maximum atomic E-state index is 12.6. The highest BCUT2D eigenvalue weighted by molar-refractivity contribution is 5.94. The Balaban J connectivity index is 1.09. The lowest BCUT2D eigenvalue weighted by atomic mass is 9.91. The van der Waals surface area contributed by atoms with Gasteiger partial charge in [-0.15, -0.1) is 0 Å². The largest absolute Gasteiger partial charge is 0.506 e. The van der Waals surface area contributed by atoms with Gasteiger partial charge in [-0.1, -0.05) is 31.0 Å². The molecule has 1 aromatic heterocycles. The molecule has 2 aliphatic heterocycles. The average molecular weight is 525 g/mol. The fraction of sp³-hybridized carbons (Fsp3) is 0.483. The molecule has 2 aromatic rings. The first kappa shape index (κ1) is 27.6. The number of hydrogen-bond donors (Lipinski definition) is 4. The van der Waals surface area contributed by atoms with Crippen LogP contribution in [0.1, 0.15) is 60.7 Å². The molecule has 38 heavy (non-hydrogen) atoms. The summed E-state index contributed by atoms with van der Waals surface area (Å²) >= 11 is 0. The molecule has 204 valence electrons. The molecule has 4 N–H and O–H groups in total. The van der Waals surface area contributed by atoms with E-state index in [1.165, 1.54) is 0 Å². The number of benzene rings is 1. The quantitative estimate of drug-likeness (QED) is 0.264. The smallest absolute Gasteiger partial charge is 0.335 e. The number of carbonyl (C=O) groups excluding carboxylic acids is 2. The molecule has 0 bridgehead atoms. The minimum atomic E-state index is -1.26. The molecule has 9 nitrogen and oxygen atoms in total. The molecule has 0 radical (unpaired) electrons. The number of piperidine rings is 1. The summed E-state index contributed by atoms with van der Waals surface area (Å²) in [6.07, 6.45) is 7.39. The second-order valence-corrected chi connectivity index (χ2v) is 10.0.